The number of para-hydroxylation sites is 2. The number of amides is 2. The Labute approximate surface area is 154 Å². The molecule has 0 saturated carbocycles. The van der Waals surface area contributed by atoms with E-state index < -0.39 is 0 Å². The maximum atomic E-state index is 12.5. The predicted octanol–water partition coefficient (Wildman–Crippen LogP) is 3.23. The number of hydrogen-bond donors (Lipinski definition) is 1. The molecule has 1 aliphatic rings. The molecule has 0 saturated heterocycles. The summed E-state index contributed by atoms with van der Waals surface area (Å²) in [6.07, 6.45) is 2.56. The highest BCUT2D eigenvalue weighted by Crippen LogP contribution is 2.33. The Morgan fingerprint density at radius 2 is 2.08 bits per heavy atom. The number of carbonyl (C=O) groups is 2. The number of anilines is 1. The lowest BCUT2D eigenvalue weighted by molar-refractivity contribution is -0.125. The molecule has 1 unspecified atom stereocenters. The third-order valence-electron chi connectivity index (χ3n) is 3.93. The van der Waals surface area contributed by atoms with Crippen LogP contribution >= 0.6 is 11.8 Å². The van der Waals surface area contributed by atoms with Crippen molar-refractivity contribution in [3.63, 3.8) is 0 Å². The van der Waals surface area contributed by atoms with Crippen LogP contribution in [0.25, 0.3) is 0 Å². The molecule has 2 amide bonds. The van der Waals surface area contributed by atoms with Gasteiger partial charge in [-0.1, -0.05) is 19.1 Å². The summed E-state index contributed by atoms with van der Waals surface area (Å²) >= 11 is 1.91. The monoisotopic (exact) mass is 364 g/mol. The summed E-state index contributed by atoms with van der Waals surface area (Å²) in [4.78, 5) is 26.2. The molecule has 0 aliphatic carbocycles. The zero-order chi connectivity index (χ0) is 18.1. The van der Waals surface area contributed by atoms with E-state index in [2.05, 4.69) is 12.2 Å². The molecule has 1 aliphatic heterocycles. The molecule has 0 bridgehead atoms. The Morgan fingerprint density at radius 3 is 2.88 bits per heavy atom. The van der Waals surface area contributed by atoms with E-state index in [1.165, 1.54) is 12.2 Å². The molecule has 0 aromatic heterocycles. The van der Waals surface area contributed by atoms with Crippen molar-refractivity contribution in [3.8, 4) is 5.75 Å². The molecule has 1 aromatic rings. The van der Waals surface area contributed by atoms with Crippen molar-refractivity contribution < 1.29 is 14.3 Å². The average Bonchev–Trinajstić information content (AvgIpc) is 2.61. The van der Waals surface area contributed by atoms with Crippen LogP contribution in [0.4, 0.5) is 5.69 Å². The van der Waals surface area contributed by atoms with Gasteiger partial charge in [-0.05, 0) is 43.4 Å². The number of rotatable bonds is 9. The van der Waals surface area contributed by atoms with Crippen molar-refractivity contribution in [3.05, 3.63) is 24.3 Å². The van der Waals surface area contributed by atoms with Crippen LogP contribution in [0.15, 0.2) is 24.3 Å². The number of thioether (sulfide) groups is 1. The Bertz CT molecular complexity index is 580. The second kappa shape index (κ2) is 10.3. The third kappa shape index (κ3) is 6.27. The lowest BCUT2D eigenvalue weighted by Crippen LogP contribution is -2.42. The number of carbonyl (C=O) groups excluding carboxylic acids is 2. The first-order valence-corrected chi connectivity index (χ1v) is 10.2. The minimum absolute atomic E-state index is 0.0312. The SMILES string of the molecule is CCCSCCCNC(=O)CCC(=O)N1CC(C)Oc2ccccc21. The number of fused-ring (bicyclic) bond motifs is 1. The first-order chi connectivity index (χ1) is 12.1. The van der Waals surface area contributed by atoms with E-state index in [1.54, 1.807) is 4.90 Å². The summed E-state index contributed by atoms with van der Waals surface area (Å²) in [5.74, 6) is 2.88. The lowest BCUT2D eigenvalue weighted by Gasteiger charge is -2.33. The van der Waals surface area contributed by atoms with Crippen LogP contribution in [0.1, 0.15) is 39.5 Å². The molecule has 6 heteroatoms. The van der Waals surface area contributed by atoms with Crippen LogP contribution < -0.4 is 15.0 Å². The number of hydrogen-bond acceptors (Lipinski definition) is 4. The Hall–Kier alpha value is -1.69. The third-order valence-corrected chi connectivity index (χ3v) is 5.20. The molecule has 5 nitrogen and oxygen atoms in total. The van der Waals surface area contributed by atoms with E-state index in [0.717, 1.165) is 23.6 Å². The van der Waals surface area contributed by atoms with Gasteiger partial charge >= 0.3 is 0 Å². The van der Waals surface area contributed by atoms with Gasteiger partial charge in [0.2, 0.25) is 11.8 Å². The standard InChI is InChI=1S/C19H28N2O3S/c1-3-12-25-13-6-11-20-18(22)9-10-19(23)21-14-15(2)24-17-8-5-4-7-16(17)21/h4-5,7-8,15H,3,6,9-14H2,1-2H3,(H,20,22). The molecule has 138 valence electrons. The average molecular weight is 365 g/mol. The molecule has 2 rings (SSSR count). The largest absolute Gasteiger partial charge is 0.487 e. The number of nitrogens with zero attached hydrogens (tertiary/aromatic N) is 1. The predicted molar refractivity (Wildman–Crippen MR) is 103 cm³/mol. The summed E-state index contributed by atoms with van der Waals surface area (Å²) in [5, 5.41) is 2.90. The zero-order valence-corrected chi connectivity index (χ0v) is 15.9. The molecule has 1 N–H and O–H groups in total. The highest BCUT2D eigenvalue weighted by Gasteiger charge is 2.27. The van der Waals surface area contributed by atoms with Crippen molar-refractivity contribution in [2.45, 2.75) is 45.6 Å². The number of nitrogens with one attached hydrogen (secondary N) is 1. The summed E-state index contributed by atoms with van der Waals surface area (Å²) in [6.45, 7) is 5.31. The second-order valence-electron chi connectivity index (χ2n) is 6.22. The van der Waals surface area contributed by atoms with Crippen LogP contribution in [0.3, 0.4) is 0 Å². The van der Waals surface area contributed by atoms with Gasteiger partial charge in [0.15, 0.2) is 0 Å². The second-order valence-corrected chi connectivity index (χ2v) is 7.44. The fourth-order valence-corrected chi connectivity index (χ4v) is 3.56. The molecule has 1 heterocycles. The normalized spacial score (nSPS) is 16.1. The molecule has 1 atom stereocenters. The Morgan fingerprint density at radius 1 is 1.28 bits per heavy atom. The first kappa shape index (κ1) is 19.6. The molecular weight excluding hydrogens is 336 g/mol. The topological polar surface area (TPSA) is 58.6 Å². The van der Waals surface area contributed by atoms with Crippen molar-refractivity contribution in [1.29, 1.82) is 0 Å². The van der Waals surface area contributed by atoms with Gasteiger partial charge in [0, 0.05) is 19.4 Å². The highest BCUT2D eigenvalue weighted by atomic mass is 32.2. The van der Waals surface area contributed by atoms with E-state index in [-0.39, 0.29) is 30.8 Å². The van der Waals surface area contributed by atoms with Crippen LogP contribution in [0.5, 0.6) is 5.75 Å². The fraction of sp³-hybridized carbons (Fsp3) is 0.579. The van der Waals surface area contributed by atoms with Crippen LogP contribution in [0.2, 0.25) is 0 Å². The van der Waals surface area contributed by atoms with Crippen molar-refractivity contribution in [2.24, 2.45) is 0 Å². The first-order valence-electron chi connectivity index (χ1n) is 9.02. The minimum atomic E-state index is -0.0524. The van der Waals surface area contributed by atoms with E-state index >= 15 is 0 Å². The minimum Gasteiger partial charge on any atom is -0.487 e. The van der Waals surface area contributed by atoms with Gasteiger partial charge in [-0.2, -0.15) is 11.8 Å². The van der Waals surface area contributed by atoms with Gasteiger partial charge in [0.05, 0.1) is 12.2 Å². The van der Waals surface area contributed by atoms with Crippen LogP contribution in [-0.2, 0) is 9.59 Å². The molecule has 1 aromatic carbocycles. The van der Waals surface area contributed by atoms with Crippen molar-refractivity contribution >= 4 is 29.3 Å². The quantitative estimate of drug-likeness (QED) is 0.684. The van der Waals surface area contributed by atoms with E-state index in [4.69, 9.17) is 4.74 Å². The summed E-state index contributed by atoms with van der Waals surface area (Å²) in [6, 6.07) is 7.54. The van der Waals surface area contributed by atoms with Gasteiger partial charge in [-0.3, -0.25) is 9.59 Å². The number of benzene rings is 1. The molecule has 0 radical (unpaired) electrons. The van der Waals surface area contributed by atoms with Gasteiger partial charge in [-0.25, -0.2) is 0 Å². The van der Waals surface area contributed by atoms with Gasteiger partial charge in [-0.15, -0.1) is 0 Å². The van der Waals surface area contributed by atoms with Gasteiger partial charge in [0.25, 0.3) is 0 Å². The van der Waals surface area contributed by atoms with Gasteiger partial charge < -0.3 is 15.0 Å². The molecule has 0 spiro atoms. The van der Waals surface area contributed by atoms with Crippen LogP contribution in [0, 0.1) is 0 Å². The Kier molecular flexibility index (Phi) is 8.12. The number of ether oxygens (including phenoxy) is 1. The van der Waals surface area contributed by atoms with E-state index in [0.29, 0.717) is 13.1 Å². The molecular formula is C19H28N2O3S. The van der Waals surface area contributed by atoms with Crippen molar-refractivity contribution in [2.75, 3.05) is 29.5 Å². The van der Waals surface area contributed by atoms with Crippen LogP contribution in [-0.4, -0.2) is 42.5 Å². The smallest absolute Gasteiger partial charge is 0.227 e. The molecule has 0 fully saturated rings. The summed E-state index contributed by atoms with van der Waals surface area (Å²) in [7, 11) is 0. The van der Waals surface area contributed by atoms with E-state index in [1.807, 2.05) is 43.0 Å². The maximum Gasteiger partial charge on any atom is 0.227 e. The lowest BCUT2D eigenvalue weighted by atomic mass is 10.1. The summed E-state index contributed by atoms with van der Waals surface area (Å²) < 4.78 is 5.76. The highest BCUT2D eigenvalue weighted by molar-refractivity contribution is 7.99. The van der Waals surface area contributed by atoms with Crippen molar-refractivity contribution in [1.82, 2.24) is 5.32 Å². The Balaban J connectivity index is 1.74. The van der Waals surface area contributed by atoms with E-state index in [9.17, 15) is 9.59 Å². The fourth-order valence-electron chi connectivity index (χ4n) is 2.72. The maximum absolute atomic E-state index is 12.5. The van der Waals surface area contributed by atoms with Gasteiger partial charge in [0.1, 0.15) is 11.9 Å². The molecule has 25 heavy (non-hydrogen) atoms. The summed E-state index contributed by atoms with van der Waals surface area (Å²) in [5.41, 5.74) is 0.791. The zero-order valence-electron chi connectivity index (χ0n) is 15.1.